The minimum atomic E-state index is 0.617. The summed E-state index contributed by atoms with van der Waals surface area (Å²) >= 11 is 0. The maximum absolute atomic E-state index is 5.62. The Morgan fingerprint density at radius 1 is 1.00 bits per heavy atom. The van der Waals surface area contributed by atoms with Crippen LogP contribution in [-0.2, 0) is 0 Å². The summed E-state index contributed by atoms with van der Waals surface area (Å²) in [7, 11) is 0. The van der Waals surface area contributed by atoms with E-state index in [-0.39, 0.29) is 0 Å². The van der Waals surface area contributed by atoms with Crippen molar-refractivity contribution in [1.29, 1.82) is 0 Å². The lowest BCUT2D eigenvalue weighted by Crippen LogP contribution is -2.11. The van der Waals surface area contributed by atoms with E-state index in [2.05, 4.69) is 37.4 Å². The summed E-state index contributed by atoms with van der Waals surface area (Å²) in [5.41, 5.74) is 17.0. The van der Waals surface area contributed by atoms with E-state index >= 15 is 0 Å². The van der Waals surface area contributed by atoms with Crippen molar-refractivity contribution in [2.45, 2.75) is 0 Å². The van der Waals surface area contributed by atoms with Gasteiger partial charge in [0, 0.05) is 39.9 Å². The van der Waals surface area contributed by atoms with Gasteiger partial charge in [-0.15, -0.1) is 0 Å². The van der Waals surface area contributed by atoms with Gasteiger partial charge in [-0.2, -0.15) is 5.10 Å². The van der Waals surface area contributed by atoms with Gasteiger partial charge in [-0.25, -0.2) is 9.97 Å². The third kappa shape index (κ3) is 4.17. The Kier molecular flexibility index (Phi) is 5.41. The molecule has 3 heterocycles. The molecule has 168 valence electrons. The molecule has 2 aromatic carbocycles. The predicted octanol–water partition coefficient (Wildman–Crippen LogP) is 4.08. The van der Waals surface area contributed by atoms with Gasteiger partial charge in [0.15, 0.2) is 5.82 Å². The van der Waals surface area contributed by atoms with E-state index in [0.717, 1.165) is 38.8 Å². The average Bonchev–Trinajstić information content (AvgIpc) is 3.50. The first-order valence-electron chi connectivity index (χ1n) is 10.6. The molecule has 0 unspecified atom stereocenters. The van der Waals surface area contributed by atoms with E-state index in [9.17, 15) is 0 Å². The lowest BCUT2D eigenvalue weighted by molar-refractivity contribution is 1.11. The molecule has 34 heavy (non-hydrogen) atoms. The highest BCUT2D eigenvalue weighted by molar-refractivity contribution is 5.88. The van der Waals surface area contributed by atoms with Crippen molar-refractivity contribution >= 4 is 39.0 Å². The Labute approximate surface area is 195 Å². The second-order valence-corrected chi connectivity index (χ2v) is 7.63. The number of allylic oxidation sites excluding steroid dienone is 1. The maximum atomic E-state index is 5.62. The highest BCUT2D eigenvalue weighted by Crippen LogP contribution is 2.26. The van der Waals surface area contributed by atoms with Gasteiger partial charge in [0.25, 0.3) is 0 Å². The van der Waals surface area contributed by atoms with E-state index in [0.29, 0.717) is 23.0 Å². The first kappa shape index (κ1) is 20.8. The molecule has 0 saturated carbocycles. The predicted molar refractivity (Wildman–Crippen MR) is 136 cm³/mol. The van der Waals surface area contributed by atoms with Crippen LogP contribution in [0.1, 0.15) is 5.69 Å². The summed E-state index contributed by atoms with van der Waals surface area (Å²) < 4.78 is 0. The normalized spacial score (nSPS) is 11.9. The number of hydrogen-bond acceptors (Lipinski definition) is 7. The number of nitrogens with one attached hydrogen (secondary N) is 4. The Morgan fingerprint density at radius 2 is 1.91 bits per heavy atom. The molecule has 0 aliphatic rings. The van der Waals surface area contributed by atoms with Crippen LogP contribution in [0.4, 0.5) is 11.5 Å². The fraction of sp³-hybridized carbons (Fsp3) is 0. The van der Waals surface area contributed by atoms with Crippen molar-refractivity contribution in [3.63, 3.8) is 0 Å². The zero-order valence-electron chi connectivity index (χ0n) is 18.2. The van der Waals surface area contributed by atoms with Crippen molar-refractivity contribution in [3.05, 3.63) is 97.4 Å². The maximum Gasteiger partial charge on any atom is 0.161 e. The summed E-state index contributed by atoms with van der Waals surface area (Å²) in [5, 5.41) is 15.5. The Hall–Kier alpha value is -5.05. The molecular formula is C25H23N9. The summed E-state index contributed by atoms with van der Waals surface area (Å²) in [6, 6.07) is 15.9. The molecule has 0 radical (unpaired) electrons. The molecule has 0 spiro atoms. The number of hydrogen-bond donors (Lipinski definition) is 6. The molecule has 0 atom stereocenters. The highest BCUT2D eigenvalue weighted by Gasteiger charge is 2.09. The van der Waals surface area contributed by atoms with Crippen molar-refractivity contribution in [3.8, 4) is 11.4 Å². The zero-order valence-corrected chi connectivity index (χ0v) is 18.2. The minimum Gasteiger partial charge on any atom is -0.405 e. The first-order chi connectivity index (χ1) is 16.6. The highest BCUT2D eigenvalue weighted by atomic mass is 15.1. The van der Waals surface area contributed by atoms with E-state index in [1.54, 1.807) is 18.5 Å². The van der Waals surface area contributed by atoms with Crippen molar-refractivity contribution < 1.29 is 0 Å². The molecule has 5 rings (SSSR count). The Bertz CT molecular complexity index is 1560. The zero-order chi connectivity index (χ0) is 23.5. The summed E-state index contributed by atoms with van der Waals surface area (Å²) in [4.78, 5) is 12.5. The van der Waals surface area contributed by atoms with E-state index in [1.807, 2.05) is 48.5 Å². The van der Waals surface area contributed by atoms with Crippen LogP contribution in [0.2, 0.25) is 0 Å². The smallest absolute Gasteiger partial charge is 0.161 e. The monoisotopic (exact) mass is 449 g/mol. The van der Waals surface area contributed by atoms with Crippen LogP contribution in [-0.4, -0.2) is 25.1 Å². The molecule has 3 aromatic heterocycles. The van der Waals surface area contributed by atoms with Gasteiger partial charge in [-0.1, -0.05) is 18.7 Å². The van der Waals surface area contributed by atoms with Gasteiger partial charge < -0.3 is 27.1 Å². The van der Waals surface area contributed by atoms with Crippen molar-refractivity contribution in [1.82, 2.24) is 30.5 Å². The van der Waals surface area contributed by atoms with Gasteiger partial charge >= 0.3 is 0 Å². The number of aromatic nitrogens is 5. The van der Waals surface area contributed by atoms with Gasteiger partial charge in [0.05, 0.1) is 28.8 Å². The number of anilines is 2. The number of fused-ring (bicyclic) bond motifs is 2. The molecule has 9 heteroatoms. The lowest BCUT2D eigenvalue weighted by atomic mass is 10.1. The molecular weight excluding hydrogens is 426 g/mol. The lowest BCUT2D eigenvalue weighted by Gasteiger charge is -2.08. The topological polar surface area (TPSA) is 146 Å². The molecule has 8 N–H and O–H groups in total. The minimum absolute atomic E-state index is 0.617. The van der Waals surface area contributed by atoms with Gasteiger partial charge in [0.1, 0.15) is 5.82 Å². The van der Waals surface area contributed by atoms with Crippen LogP contribution in [0.5, 0.6) is 0 Å². The fourth-order valence-corrected chi connectivity index (χ4v) is 3.65. The second-order valence-electron chi connectivity index (χ2n) is 7.63. The quantitative estimate of drug-likeness (QED) is 0.205. The van der Waals surface area contributed by atoms with Crippen LogP contribution in [0, 0.1) is 0 Å². The first-order valence-corrected chi connectivity index (χ1v) is 10.6. The van der Waals surface area contributed by atoms with E-state index in [1.165, 1.54) is 12.4 Å². The van der Waals surface area contributed by atoms with Gasteiger partial charge in [0.2, 0.25) is 0 Å². The fourth-order valence-electron chi connectivity index (χ4n) is 3.65. The summed E-state index contributed by atoms with van der Waals surface area (Å²) in [6.45, 7) is 4.09. The summed E-state index contributed by atoms with van der Waals surface area (Å²) in [6.07, 6.45) is 8.04. The largest absolute Gasteiger partial charge is 0.405 e. The third-order valence-electron chi connectivity index (χ3n) is 5.32. The summed E-state index contributed by atoms with van der Waals surface area (Å²) in [5.74, 6) is 1.32. The van der Waals surface area contributed by atoms with Crippen molar-refractivity contribution in [2.75, 3.05) is 5.32 Å². The second kappa shape index (κ2) is 8.83. The Balaban J connectivity index is 1.39. The van der Waals surface area contributed by atoms with Gasteiger partial charge in [-0.3, -0.25) is 5.10 Å². The van der Waals surface area contributed by atoms with Crippen LogP contribution in [0.15, 0.2) is 91.7 Å². The molecule has 0 aliphatic carbocycles. The number of aromatic amines is 2. The van der Waals surface area contributed by atoms with Crippen LogP contribution >= 0.6 is 0 Å². The number of nitrogens with zero attached hydrogens (tertiary/aromatic N) is 3. The van der Waals surface area contributed by atoms with E-state index in [4.69, 9.17) is 16.5 Å². The average molecular weight is 450 g/mol. The molecule has 0 saturated heterocycles. The third-order valence-corrected chi connectivity index (χ3v) is 5.32. The molecule has 0 amide bonds. The molecule has 0 bridgehead atoms. The standard InChI is InChI=1S/C25H23N9/c1-15(30-20(13-27)6-8-26)22-11-16-2-3-17(12-23(16)32-22)25-28-9-7-24(33-25)31-19-4-5-21-18(10-19)14-29-34-21/h2-14,30,32H,1,26-27H2,(H,29,34)(H,28,31,33)/b8-6-,20-13+. The number of rotatable bonds is 7. The van der Waals surface area contributed by atoms with Crippen LogP contribution in [0.3, 0.4) is 0 Å². The molecule has 0 aliphatic heterocycles. The number of H-pyrrole nitrogens is 2. The molecule has 5 aromatic rings. The van der Waals surface area contributed by atoms with Crippen LogP contribution < -0.4 is 22.1 Å². The molecule has 9 nitrogen and oxygen atoms in total. The number of nitrogens with two attached hydrogens (primary N) is 2. The van der Waals surface area contributed by atoms with Crippen LogP contribution in [0.25, 0.3) is 38.9 Å². The molecule has 0 fully saturated rings. The Morgan fingerprint density at radius 3 is 2.76 bits per heavy atom. The van der Waals surface area contributed by atoms with E-state index < -0.39 is 0 Å². The van der Waals surface area contributed by atoms with Gasteiger partial charge in [-0.05, 0) is 48.7 Å². The SMILES string of the molecule is C=C(NC(/C=C\N)=C/N)c1cc2ccc(-c3nccc(Nc4ccc5[nH]ncc5c4)n3)cc2[nH]1. The number of benzene rings is 2. The van der Waals surface area contributed by atoms with Crippen molar-refractivity contribution in [2.24, 2.45) is 11.5 Å².